The Balaban J connectivity index is 1.87. The summed E-state index contributed by atoms with van der Waals surface area (Å²) in [6.45, 7) is 2.17. The Hall–Kier alpha value is -1.94. The van der Waals surface area contributed by atoms with Crippen LogP contribution >= 0.6 is 11.8 Å². The van der Waals surface area contributed by atoms with Gasteiger partial charge in [0.2, 0.25) is 0 Å². The van der Waals surface area contributed by atoms with E-state index < -0.39 is 0 Å². The molecule has 2 heterocycles. The molecule has 2 aliphatic rings. The Labute approximate surface area is 141 Å². The molecule has 0 radical (unpaired) electrons. The number of amidine groups is 1. The number of fused-ring (bicyclic) bond motifs is 2. The van der Waals surface area contributed by atoms with Crippen LogP contribution in [0.2, 0.25) is 0 Å². The van der Waals surface area contributed by atoms with Crippen molar-refractivity contribution in [2.75, 3.05) is 20.2 Å². The highest BCUT2D eigenvalue weighted by atomic mass is 32.2. The second kappa shape index (κ2) is 6.28. The molecule has 0 spiro atoms. The highest BCUT2D eigenvalue weighted by Crippen LogP contribution is 2.41. The van der Waals surface area contributed by atoms with Gasteiger partial charge in [-0.25, -0.2) is 4.99 Å². The first kappa shape index (κ1) is 14.6. The number of nitrogens with zero attached hydrogens (tertiary/aromatic N) is 2. The molecule has 4 heteroatoms. The minimum absolute atomic E-state index is 0.889. The van der Waals surface area contributed by atoms with Crippen LogP contribution in [-0.4, -0.2) is 30.9 Å². The predicted molar refractivity (Wildman–Crippen MR) is 95.2 cm³/mol. The third kappa shape index (κ3) is 2.83. The van der Waals surface area contributed by atoms with Crippen molar-refractivity contribution >= 4 is 23.3 Å². The minimum atomic E-state index is 0.889. The van der Waals surface area contributed by atoms with Crippen LogP contribution in [0.3, 0.4) is 0 Å². The summed E-state index contributed by atoms with van der Waals surface area (Å²) in [4.78, 5) is 9.94. The number of ether oxygens (including phenoxy) is 1. The van der Waals surface area contributed by atoms with Crippen molar-refractivity contribution < 1.29 is 4.74 Å². The number of piperidine rings is 1. The van der Waals surface area contributed by atoms with Crippen LogP contribution in [0.15, 0.2) is 57.2 Å². The van der Waals surface area contributed by atoms with E-state index in [1.165, 1.54) is 34.6 Å². The summed E-state index contributed by atoms with van der Waals surface area (Å²) in [5.41, 5.74) is 2.25. The van der Waals surface area contributed by atoms with E-state index in [1.807, 2.05) is 6.07 Å². The van der Waals surface area contributed by atoms with Crippen molar-refractivity contribution in [1.82, 2.24) is 4.90 Å². The van der Waals surface area contributed by atoms with Crippen molar-refractivity contribution in [1.29, 1.82) is 0 Å². The summed E-state index contributed by atoms with van der Waals surface area (Å²) < 4.78 is 5.45. The molecular weight excluding hydrogens is 304 g/mol. The number of likely N-dealkylation sites (tertiary alicyclic amines) is 1. The SMILES string of the molecule is COc1ccc2c(c1)C(N1CCCCC1)=Nc1ccccc1S2. The van der Waals surface area contributed by atoms with E-state index in [0.717, 1.165) is 30.4 Å². The highest BCUT2D eigenvalue weighted by molar-refractivity contribution is 7.99. The van der Waals surface area contributed by atoms with Gasteiger partial charge in [0.15, 0.2) is 0 Å². The van der Waals surface area contributed by atoms with Gasteiger partial charge < -0.3 is 9.64 Å². The number of hydrogen-bond donors (Lipinski definition) is 0. The number of benzene rings is 2. The molecule has 0 bridgehead atoms. The molecule has 0 aromatic heterocycles. The van der Waals surface area contributed by atoms with Gasteiger partial charge in [-0.05, 0) is 49.6 Å². The lowest BCUT2D eigenvalue weighted by molar-refractivity contribution is 0.342. The molecule has 0 amide bonds. The summed E-state index contributed by atoms with van der Waals surface area (Å²) in [5.74, 6) is 1.98. The average Bonchev–Trinajstić information content (AvgIpc) is 2.78. The Morgan fingerprint density at radius 2 is 1.83 bits per heavy atom. The average molecular weight is 324 g/mol. The summed E-state index contributed by atoms with van der Waals surface area (Å²) in [5, 5.41) is 0. The molecule has 0 saturated carbocycles. The monoisotopic (exact) mass is 324 g/mol. The fourth-order valence-corrected chi connectivity index (χ4v) is 4.17. The maximum absolute atomic E-state index is 5.45. The number of methoxy groups -OCH3 is 1. The first-order valence-electron chi connectivity index (χ1n) is 8.14. The summed E-state index contributed by atoms with van der Waals surface area (Å²) in [7, 11) is 1.72. The Morgan fingerprint density at radius 1 is 1.00 bits per heavy atom. The maximum atomic E-state index is 5.45. The molecule has 2 aromatic carbocycles. The second-order valence-electron chi connectivity index (χ2n) is 5.91. The topological polar surface area (TPSA) is 24.8 Å². The second-order valence-corrected chi connectivity index (χ2v) is 7.00. The summed E-state index contributed by atoms with van der Waals surface area (Å²) in [6, 6.07) is 14.7. The molecule has 1 saturated heterocycles. The van der Waals surface area contributed by atoms with Gasteiger partial charge in [0.05, 0.1) is 12.8 Å². The molecule has 2 aliphatic heterocycles. The van der Waals surface area contributed by atoms with E-state index in [0.29, 0.717) is 0 Å². The maximum Gasteiger partial charge on any atom is 0.137 e. The molecule has 0 atom stereocenters. The standard InChI is InChI=1S/C19H20N2OS/c1-22-14-9-10-17-15(13-14)19(21-11-5-2-6-12-21)20-16-7-3-4-8-18(16)23-17/h3-4,7-10,13H,2,5-6,11-12H2,1H3. The molecule has 3 nitrogen and oxygen atoms in total. The Bertz CT molecular complexity index is 751. The van der Waals surface area contributed by atoms with Crippen LogP contribution in [0.5, 0.6) is 5.75 Å². The van der Waals surface area contributed by atoms with E-state index in [1.54, 1.807) is 18.9 Å². The normalized spacial score (nSPS) is 16.9. The molecule has 0 unspecified atom stereocenters. The molecular formula is C19H20N2OS. The molecule has 23 heavy (non-hydrogen) atoms. The number of aliphatic imine (C=N–C) groups is 1. The van der Waals surface area contributed by atoms with Crippen LogP contribution in [0, 0.1) is 0 Å². The van der Waals surface area contributed by atoms with E-state index >= 15 is 0 Å². The van der Waals surface area contributed by atoms with Crippen molar-refractivity contribution in [3.63, 3.8) is 0 Å². The van der Waals surface area contributed by atoms with Crippen molar-refractivity contribution in [3.8, 4) is 5.75 Å². The van der Waals surface area contributed by atoms with Gasteiger partial charge in [-0.1, -0.05) is 23.9 Å². The Kier molecular flexibility index (Phi) is 4.00. The molecule has 4 rings (SSSR count). The van der Waals surface area contributed by atoms with Gasteiger partial charge in [-0.15, -0.1) is 0 Å². The lowest BCUT2D eigenvalue weighted by Gasteiger charge is -2.30. The summed E-state index contributed by atoms with van der Waals surface area (Å²) in [6.07, 6.45) is 3.81. The highest BCUT2D eigenvalue weighted by Gasteiger charge is 2.23. The van der Waals surface area contributed by atoms with Gasteiger partial charge >= 0.3 is 0 Å². The number of hydrogen-bond acceptors (Lipinski definition) is 4. The third-order valence-electron chi connectivity index (χ3n) is 4.39. The van der Waals surface area contributed by atoms with Crippen molar-refractivity contribution in [3.05, 3.63) is 48.0 Å². The van der Waals surface area contributed by atoms with E-state index in [-0.39, 0.29) is 0 Å². The zero-order valence-corrected chi connectivity index (χ0v) is 14.1. The van der Waals surface area contributed by atoms with E-state index in [2.05, 4.69) is 41.3 Å². The quantitative estimate of drug-likeness (QED) is 0.758. The zero-order valence-electron chi connectivity index (χ0n) is 13.3. The van der Waals surface area contributed by atoms with E-state index in [9.17, 15) is 0 Å². The molecule has 118 valence electrons. The first-order valence-corrected chi connectivity index (χ1v) is 8.96. The fraction of sp³-hybridized carbons (Fsp3) is 0.316. The van der Waals surface area contributed by atoms with Crippen molar-refractivity contribution in [2.45, 2.75) is 29.1 Å². The zero-order chi connectivity index (χ0) is 15.6. The lowest BCUT2D eigenvalue weighted by atomic mass is 10.1. The molecule has 0 N–H and O–H groups in total. The molecule has 2 aromatic rings. The van der Waals surface area contributed by atoms with Crippen LogP contribution in [-0.2, 0) is 0 Å². The molecule has 1 fully saturated rings. The van der Waals surface area contributed by atoms with E-state index in [4.69, 9.17) is 9.73 Å². The predicted octanol–water partition coefficient (Wildman–Crippen LogP) is 4.72. The fourth-order valence-electron chi connectivity index (χ4n) is 3.18. The largest absolute Gasteiger partial charge is 0.497 e. The van der Waals surface area contributed by atoms with Gasteiger partial charge in [0, 0.05) is 28.4 Å². The van der Waals surface area contributed by atoms with Gasteiger partial charge in [-0.2, -0.15) is 0 Å². The lowest BCUT2D eigenvalue weighted by Crippen LogP contribution is -2.36. The van der Waals surface area contributed by atoms with Gasteiger partial charge in [0.25, 0.3) is 0 Å². The van der Waals surface area contributed by atoms with Crippen LogP contribution in [0.4, 0.5) is 5.69 Å². The summed E-state index contributed by atoms with van der Waals surface area (Å²) >= 11 is 1.79. The van der Waals surface area contributed by atoms with Crippen molar-refractivity contribution in [2.24, 2.45) is 4.99 Å². The van der Waals surface area contributed by atoms with Gasteiger partial charge in [-0.3, -0.25) is 0 Å². The molecule has 0 aliphatic carbocycles. The number of rotatable bonds is 1. The van der Waals surface area contributed by atoms with Crippen LogP contribution in [0.1, 0.15) is 24.8 Å². The third-order valence-corrected chi connectivity index (χ3v) is 5.54. The first-order chi connectivity index (χ1) is 11.3. The minimum Gasteiger partial charge on any atom is -0.497 e. The van der Waals surface area contributed by atoms with Crippen LogP contribution < -0.4 is 4.74 Å². The number of para-hydroxylation sites is 1. The smallest absolute Gasteiger partial charge is 0.137 e. The Morgan fingerprint density at radius 3 is 2.65 bits per heavy atom. The van der Waals surface area contributed by atoms with Gasteiger partial charge in [0.1, 0.15) is 11.6 Å². The van der Waals surface area contributed by atoms with Crippen LogP contribution in [0.25, 0.3) is 0 Å².